The van der Waals surface area contributed by atoms with Crippen molar-refractivity contribution in [1.82, 2.24) is 4.98 Å². The molecule has 1 heterocycles. The van der Waals surface area contributed by atoms with Crippen LogP contribution in [0.5, 0.6) is 0 Å². The molecule has 100 valence electrons. The molecular weight excluding hydrogens is 276 g/mol. The predicted octanol–water partition coefficient (Wildman–Crippen LogP) is 1.74. The van der Waals surface area contributed by atoms with Gasteiger partial charge in [0.1, 0.15) is 22.3 Å². The highest BCUT2D eigenvalue weighted by molar-refractivity contribution is 7.92. The molecule has 0 saturated carbocycles. The molecule has 0 saturated heterocycles. The summed E-state index contributed by atoms with van der Waals surface area (Å²) >= 11 is 0. The quantitative estimate of drug-likeness (QED) is 0.841. The van der Waals surface area contributed by atoms with Crippen LogP contribution in [0.15, 0.2) is 41.4 Å². The summed E-state index contributed by atoms with van der Waals surface area (Å²) in [6, 6.07) is 5.35. The van der Waals surface area contributed by atoms with Crippen molar-refractivity contribution in [2.75, 3.05) is 10.5 Å². The average molecular weight is 285 g/mol. The third kappa shape index (κ3) is 2.97. The number of nitrogens with one attached hydrogen (secondary N) is 1. The van der Waals surface area contributed by atoms with Gasteiger partial charge in [-0.1, -0.05) is 0 Å². The van der Waals surface area contributed by atoms with Crippen LogP contribution in [0.3, 0.4) is 0 Å². The highest BCUT2D eigenvalue weighted by atomic mass is 32.2. The molecular formula is C11H9F2N3O2S. The number of aromatic nitrogens is 1. The fourth-order valence-corrected chi connectivity index (χ4v) is 2.43. The van der Waals surface area contributed by atoms with Gasteiger partial charge in [-0.15, -0.1) is 0 Å². The van der Waals surface area contributed by atoms with Crippen LogP contribution in [0.4, 0.5) is 20.3 Å². The van der Waals surface area contributed by atoms with E-state index in [-0.39, 0.29) is 11.5 Å². The summed E-state index contributed by atoms with van der Waals surface area (Å²) in [6.07, 6.45) is 0.844. The zero-order valence-electron chi connectivity index (χ0n) is 9.47. The Bertz CT molecular complexity index is 702. The Morgan fingerprint density at radius 2 is 1.89 bits per heavy atom. The Morgan fingerprint density at radius 1 is 1.16 bits per heavy atom. The van der Waals surface area contributed by atoms with Gasteiger partial charge >= 0.3 is 0 Å². The largest absolute Gasteiger partial charge is 0.399 e. The summed E-state index contributed by atoms with van der Waals surface area (Å²) < 4.78 is 52.0. The van der Waals surface area contributed by atoms with Crippen molar-refractivity contribution in [1.29, 1.82) is 0 Å². The first-order valence-electron chi connectivity index (χ1n) is 5.08. The molecule has 1 aromatic carbocycles. The highest BCUT2D eigenvalue weighted by Crippen LogP contribution is 2.19. The van der Waals surface area contributed by atoms with Crippen LogP contribution in [-0.2, 0) is 10.0 Å². The van der Waals surface area contributed by atoms with Crippen molar-refractivity contribution in [2.45, 2.75) is 4.90 Å². The molecule has 0 spiro atoms. The van der Waals surface area contributed by atoms with Gasteiger partial charge in [0.25, 0.3) is 10.0 Å². The molecule has 0 aliphatic rings. The number of halogens is 2. The van der Waals surface area contributed by atoms with Crippen molar-refractivity contribution >= 4 is 21.5 Å². The standard InChI is InChI=1S/C11H9F2N3O2S/c12-7-1-4-11(15-6-7)16-19(17,18)10-3-2-8(14)5-9(10)13/h1-6H,14H2,(H,15,16). The molecule has 3 N–H and O–H groups in total. The lowest BCUT2D eigenvalue weighted by molar-refractivity contribution is 0.570. The maximum atomic E-state index is 13.5. The highest BCUT2D eigenvalue weighted by Gasteiger charge is 2.19. The van der Waals surface area contributed by atoms with E-state index in [0.717, 1.165) is 30.5 Å². The first-order valence-corrected chi connectivity index (χ1v) is 6.56. The molecule has 2 rings (SSSR count). The third-order valence-corrected chi connectivity index (χ3v) is 3.60. The van der Waals surface area contributed by atoms with Crippen LogP contribution < -0.4 is 10.5 Å². The molecule has 0 radical (unpaired) electrons. The maximum Gasteiger partial charge on any atom is 0.265 e. The molecule has 2 aromatic rings. The topological polar surface area (TPSA) is 85.1 Å². The number of nitrogens with zero attached hydrogens (tertiary/aromatic N) is 1. The van der Waals surface area contributed by atoms with Crippen LogP contribution in [0.1, 0.15) is 0 Å². The van der Waals surface area contributed by atoms with Gasteiger partial charge in [-0.05, 0) is 30.3 Å². The second-order valence-corrected chi connectivity index (χ2v) is 5.31. The van der Waals surface area contributed by atoms with E-state index in [1.54, 1.807) is 0 Å². The number of hydrogen-bond donors (Lipinski definition) is 2. The molecule has 0 amide bonds. The van der Waals surface area contributed by atoms with Gasteiger partial charge in [0.2, 0.25) is 0 Å². The summed E-state index contributed by atoms with van der Waals surface area (Å²) in [5.41, 5.74) is 5.44. The van der Waals surface area contributed by atoms with Crippen LogP contribution in [-0.4, -0.2) is 13.4 Å². The second-order valence-electron chi connectivity index (χ2n) is 3.66. The number of sulfonamides is 1. The van der Waals surface area contributed by atoms with Crippen molar-refractivity contribution < 1.29 is 17.2 Å². The number of nitrogens with two attached hydrogens (primary N) is 1. The number of pyridine rings is 1. The van der Waals surface area contributed by atoms with E-state index in [9.17, 15) is 17.2 Å². The zero-order valence-corrected chi connectivity index (χ0v) is 10.3. The number of benzene rings is 1. The Labute approximate surface area is 108 Å². The van der Waals surface area contributed by atoms with Crippen LogP contribution in [0, 0.1) is 11.6 Å². The number of nitrogen functional groups attached to an aromatic ring is 1. The van der Waals surface area contributed by atoms with E-state index < -0.39 is 26.6 Å². The molecule has 8 heteroatoms. The summed E-state index contributed by atoms with van der Waals surface area (Å²) in [5, 5.41) is 0. The molecule has 0 atom stereocenters. The number of anilines is 2. The van der Waals surface area contributed by atoms with Crippen LogP contribution in [0.25, 0.3) is 0 Å². The average Bonchev–Trinajstić information content (AvgIpc) is 2.31. The van der Waals surface area contributed by atoms with Gasteiger partial charge in [-0.25, -0.2) is 22.2 Å². The Kier molecular flexibility index (Phi) is 3.34. The van der Waals surface area contributed by atoms with Gasteiger partial charge in [0, 0.05) is 5.69 Å². The molecule has 1 aromatic heterocycles. The lowest BCUT2D eigenvalue weighted by atomic mass is 10.3. The van der Waals surface area contributed by atoms with Gasteiger partial charge in [-0.2, -0.15) is 0 Å². The number of rotatable bonds is 3. The Morgan fingerprint density at radius 3 is 2.47 bits per heavy atom. The lowest BCUT2D eigenvalue weighted by Gasteiger charge is -2.08. The minimum Gasteiger partial charge on any atom is -0.399 e. The first-order chi connectivity index (χ1) is 8.88. The van der Waals surface area contributed by atoms with E-state index in [1.807, 2.05) is 4.72 Å². The third-order valence-electron chi connectivity index (χ3n) is 2.21. The van der Waals surface area contributed by atoms with Gasteiger partial charge in [0.15, 0.2) is 0 Å². The fourth-order valence-electron chi connectivity index (χ4n) is 1.36. The Balaban J connectivity index is 2.35. The minimum absolute atomic E-state index is 0.108. The Hall–Kier alpha value is -2.22. The van der Waals surface area contributed by atoms with E-state index >= 15 is 0 Å². The smallest absolute Gasteiger partial charge is 0.265 e. The summed E-state index contributed by atoms with van der Waals surface area (Å²) in [7, 11) is -4.14. The van der Waals surface area contributed by atoms with E-state index in [4.69, 9.17) is 5.73 Å². The van der Waals surface area contributed by atoms with Gasteiger partial charge in [0.05, 0.1) is 6.20 Å². The van der Waals surface area contributed by atoms with E-state index in [0.29, 0.717) is 0 Å². The number of hydrogen-bond acceptors (Lipinski definition) is 4. The zero-order chi connectivity index (χ0) is 14.0. The summed E-state index contributed by atoms with van der Waals surface area (Å²) in [5.74, 6) is -1.70. The second kappa shape index (κ2) is 4.81. The van der Waals surface area contributed by atoms with Gasteiger partial charge in [-0.3, -0.25) is 4.72 Å². The van der Waals surface area contributed by atoms with E-state index in [1.165, 1.54) is 6.07 Å². The van der Waals surface area contributed by atoms with E-state index in [2.05, 4.69) is 4.98 Å². The SMILES string of the molecule is Nc1ccc(S(=O)(=O)Nc2ccc(F)cn2)c(F)c1. The molecule has 19 heavy (non-hydrogen) atoms. The van der Waals surface area contributed by atoms with Crippen molar-refractivity contribution in [3.8, 4) is 0 Å². The fraction of sp³-hybridized carbons (Fsp3) is 0. The van der Waals surface area contributed by atoms with Gasteiger partial charge < -0.3 is 5.73 Å². The van der Waals surface area contributed by atoms with Crippen molar-refractivity contribution in [3.05, 3.63) is 48.2 Å². The van der Waals surface area contributed by atoms with Crippen LogP contribution >= 0.6 is 0 Å². The van der Waals surface area contributed by atoms with Crippen molar-refractivity contribution in [2.24, 2.45) is 0 Å². The summed E-state index contributed by atoms with van der Waals surface area (Å²) in [6.45, 7) is 0. The normalized spacial score (nSPS) is 11.3. The molecule has 0 unspecified atom stereocenters. The molecule has 0 fully saturated rings. The minimum atomic E-state index is -4.14. The monoisotopic (exact) mass is 285 g/mol. The predicted molar refractivity (Wildman–Crippen MR) is 65.8 cm³/mol. The lowest BCUT2D eigenvalue weighted by Crippen LogP contribution is -2.15. The molecule has 5 nitrogen and oxygen atoms in total. The molecule has 0 bridgehead atoms. The summed E-state index contributed by atoms with van der Waals surface area (Å²) in [4.78, 5) is 2.96. The van der Waals surface area contributed by atoms with Crippen molar-refractivity contribution in [3.63, 3.8) is 0 Å². The molecule has 0 aliphatic carbocycles. The molecule has 0 aliphatic heterocycles. The van der Waals surface area contributed by atoms with Crippen LogP contribution in [0.2, 0.25) is 0 Å². The first kappa shape index (κ1) is 13.2. The maximum absolute atomic E-state index is 13.5.